The van der Waals surface area contributed by atoms with Crippen LogP contribution in [0.3, 0.4) is 0 Å². The van der Waals surface area contributed by atoms with Crippen molar-refractivity contribution >= 4 is 33.2 Å². The number of nitrogens with zero attached hydrogens (tertiary/aromatic N) is 1. The molecule has 0 saturated carbocycles. The average Bonchev–Trinajstić information content (AvgIpc) is 3.40. The van der Waals surface area contributed by atoms with Gasteiger partial charge in [0, 0.05) is 22.9 Å². The largest absolute Gasteiger partial charge is 0.454 e. The van der Waals surface area contributed by atoms with Gasteiger partial charge < -0.3 is 19.2 Å². The highest BCUT2D eigenvalue weighted by Gasteiger charge is 2.24. The van der Waals surface area contributed by atoms with Gasteiger partial charge in [0.25, 0.3) is 0 Å². The Morgan fingerprint density at radius 3 is 2.84 bits per heavy atom. The third-order valence-corrected chi connectivity index (χ3v) is 5.89. The summed E-state index contributed by atoms with van der Waals surface area (Å²) in [6.45, 7) is 2.13. The van der Waals surface area contributed by atoms with Crippen LogP contribution in [0.2, 0.25) is 0 Å². The van der Waals surface area contributed by atoms with Crippen LogP contribution in [0.15, 0.2) is 63.9 Å². The molecule has 8 heteroatoms. The lowest BCUT2D eigenvalue weighted by molar-refractivity contribution is 0.0973. The quantitative estimate of drug-likeness (QED) is 0.347. The molecule has 0 saturated heterocycles. The Balaban J connectivity index is 1.48. The fraction of sp³-hybridized carbons (Fsp3) is 0.174. The van der Waals surface area contributed by atoms with E-state index >= 15 is 0 Å². The first-order valence-electron chi connectivity index (χ1n) is 9.71. The number of carbonyl (C=O) groups excluding carboxylic acids is 1. The number of hydrogen-bond donors (Lipinski definition) is 1. The van der Waals surface area contributed by atoms with Gasteiger partial charge in [0.1, 0.15) is 11.1 Å². The van der Waals surface area contributed by atoms with Gasteiger partial charge in [-0.25, -0.2) is 9.78 Å². The van der Waals surface area contributed by atoms with Gasteiger partial charge in [0.15, 0.2) is 22.4 Å². The van der Waals surface area contributed by atoms with Crippen molar-refractivity contribution in [3.63, 3.8) is 0 Å². The van der Waals surface area contributed by atoms with Gasteiger partial charge in [0.2, 0.25) is 6.79 Å². The summed E-state index contributed by atoms with van der Waals surface area (Å²) in [7, 11) is 0. The number of carbonyl (C=O) groups is 1. The van der Waals surface area contributed by atoms with Crippen molar-refractivity contribution in [1.82, 2.24) is 4.98 Å². The van der Waals surface area contributed by atoms with Crippen molar-refractivity contribution < 1.29 is 18.7 Å². The summed E-state index contributed by atoms with van der Waals surface area (Å²) in [4.78, 5) is 31.0. The summed E-state index contributed by atoms with van der Waals surface area (Å²) in [5, 5.41) is 4.72. The number of anilines is 1. The number of nitrogens with one attached hydrogen (secondary N) is 1. The van der Waals surface area contributed by atoms with Gasteiger partial charge in [-0.3, -0.25) is 4.79 Å². The van der Waals surface area contributed by atoms with Crippen molar-refractivity contribution in [3.8, 4) is 11.5 Å². The molecule has 3 heterocycles. The van der Waals surface area contributed by atoms with Crippen LogP contribution in [0.1, 0.15) is 33.3 Å². The molecule has 1 aliphatic rings. The minimum absolute atomic E-state index is 0.0292. The number of fused-ring (bicyclic) bond motifs is 2. The van der Waals surface area contributed by atoms with E-state index in [2.05, 4.69) is 10.3 Å². The summed E-state index contributed by atoms with van der Waals surface area (Å²) in [6, 6.07) is 13.8. The lowest BCUT2D eigenvalue weighted by Crippen LogP contribution is -2.20. The van der Waals surface area contributed by atoms with Gasteiger partial charge in [-0.05, 0) is 36.8 Å². The molecule has 0 fully saturated rings. The SMILES string of the molecule is Cc1cnc(NC(CC(=O)c2cc3ccccc3oc2=O)c2ccc3c(c2)OCO3)s1. The van der Waals surface area contributed by atoms with Gasteiger partial charge in [-0.2, -0.15) is 0 Å². The number of hydrogen-bond acceptors (Lipinski definition) is 8. The summed E-state index contributed by atoms with van der Waals surface area (Å²) < 4.78 is 16.2. The van der Waals surface area contributed by atoms with Crippen LogP contribution in [0.25, 0.3) is 11.0 Å². The molecule has 2 aromatic heterocycles. The number of Topliss-reactive ketones (excluding diaryl/α,β-unsaturated/α-hetero) is 1. The number of ether oxygens (including phenoxy) is 2. The van der Waals surface area contributed by atoms with E-state index in [9.17, 15) is 9.59 Å². The normalized spacial score (nSPS) is 13.3. The fourth-order valence-corrected chi connectivity index (χ4v) is 4.22. The van der Waals surface area contributed by atoms with Crippen LogP contribution < -0.4 is 20.4 Å². The van der Waals surface area contributed by atoms with Crippen molar-refractivity contribution in [2.75, 3.05) is 12.1 Å². The first kappa shape index (κ1) is 19.3. The highest BCUT2D eigenvalue weighted by atomic mass is 32.1. The van der Waals surface area contributed by atoms with Crippen molar-refractivity contribution in [2.24, 2.45) is 0 Å². The first-order valence-corrected chi connectivity index (χ1v) is 10.5. The molecular formula is C23H18N2O5S. The van der Waals surface area contributed by atoms with E-state index < -0.39 is 11.7 Å². The molecule has 31 heavy (non-hydrogen) atoms. The number of aryl methyl sites for hydroxylation is 1. The molecule has 1 N–H and O–H groups in total. The fourth-order valence-electron chi connectivity index (χ4n) is 3.50. The van der Waals surface area contributed by atoms with E-state index in [0.717, 1.165) is 10.4 Å². The molecule has 1 unspecified atom stereocenters. The Labute approximate surface area is 181 Å². The lowest BCUT2D eigenvalue weighted by Gasteiger charge is -2.18. The number of aromatic nitrogens is 1. The monoisotopic (exact) mass is 434 g/mol. The number of thiazole rings is 1. The minimum atomic E-state index is -0.641. The molecule has 0 aliphatic carbocycles. The van der Waals surface area contributed by atoms with Crippen LogP contribution in [0, 0.1) is 6.92 Å². The average molecular weight is 434 g/mol. The third-order valence-electron chi connectivity index (χ3n) is 5.05. The second-order valence-corrected chi connectivity index (χ2v) is 8.43. The maximum absolute atomic E-state index is 13.1. The van der Waals surface area contributed by atoms with Crippen LogP contribution in [-0.4, -0.2) is 17.6 Å². The molecule has 4 aromatic rings. The van der Waals surface area contributed by atoms with Gasteiger partial charge in [-0.15, -0.1) is 11.3 Å². The maximum atomic E-state index is 13.1. The minimum Gasteiger partial charge on any atom is -0.454 e. The smallest absolute Gasteiger partial charge is 0.347 e. The lowest BCUT2D eigenvalue weighted by atomic mass is 9.98. The van der Waals surface area contributed by atoms with Crippen LogP contribution >= 0.6 is 11.3 Å². The zero-order valence-electron chi connectivity index (χ0n) is 16.6. The van der Waals surface area contributed by atoms with Gasteiger partial charge in [0.05, 0.1) is 6.04 Å². The summed E-state index contributed by atoms with van der Waals surface area (Å²) in [5.41, 5.74) is 0.670. The zero-order valence-corrected chi connectivity index (χ0v) is 17.4. The molecular weight excluding hydrogens is 416 g/mol. The Morgan fingerprint density at radius 2 is 2.00 bits per heavy atom. The predicted molar refractivity (Wildman–Crippen MR) is 117 cm³/mol. The molecule has 0 amide bonds. The molecule has 0 radical (unpaired) electrons. The molecule has 0 spiro atoms. The topological polar surface area (TPSA) is 90.7 Å². The predicted octanol–water partition coefficient (Wildman–Crippen LogP) is 4.71. The van der Waals surface area contributed by atoms with E-state index in [1.807, 2.05) is 31.2 Å². The molecule has 1 aliphatic heterocycles. The van der Waals surface area contributed by atoms with Gasteiger partial charge >= 0.3 is 5.63 Å². The maximum Gasteiger partial charge on any atom is 0.347 e. The Morgan fingerprint density at radius 1 is 1.16 bits per heavy atom. The number of rotatable bonds is 6. The summed E-state index contributed by atoms with van der Waals surface area (Å²) in [6.07, 6.45) is 1.81. The molecule has 1 atom stereocenters. The van der Waals surface area contributed by atoms with Crippen LogP contribution in [-0.2, 0) is 0 Å². The molecule has 156 valence electrons. The molecule has 2 aromatic carbocycles. The van der Waals surface area contributed by atoms with E-state index in [0.29, 0.717) is 27.6 Å². The van der Waals surface area contributed by atoms with E-state index in [-0.39, 0.29) is 24.6 Å². The van der Waals surface area contributed by atoms with Crippen LogP contribution in [0.4, 0.5) is 5.13 Å². The Kier molecular flexibility index (Phi) is 4.91. The van der Waals surface area contributed by atoms with Gasteiger partial charge in [-0.1, -0.05) is 24.3 Å². The molecule has 7 nitrogen and oxygen atoms in total. The van der Waals surface area contributed by atoms with E-state index in [4.69, 9.17) is 13.9 Å². The zero-order chi connectivity index (χ0) is 21.4. The highest BCUT2D eigenvalue weighted by molar-refractivity contribution is 7.15. The molecule has 0 bridgehead atoms. The summed E-state index contributed by atoms with van der Waals surface area (Å²) >= 11 is 1.49. The number of benzene rings is 2. The number of para-hydroxylation sites is 1. The third kappa shape index (κ3) is 3.89. The van der Waals surface area contributed by atoms with Crippen molar-refractivity contribution in [3.05, 3.63) is 81.2 Å². The second kappa shape index (κ2) is 7.88. The Bertz CT molecular complexity index is 1340. The van der Waals surface area contributed by atoms with Crippen molar-refractivity contribution in [2.45, 2.75) is 19.4 Å². The highest BCUT2D eigenvalue weighted by Crippen LogP contribution is 2.36. The molecule has 5 rings (SSSR count). The van der Waals surface area contributed by atoms with Crippen LogP contribution in [0.5, 0.6) is 11.5 Å². The summed E-state index contributed by atoms with van der Waals surface area (Å²) in [5.74, 6) is 0.967. The second-order valence-electron chi connectivity index (χ2n) is 7.20. The van der Waals surface area contributed by atoms with E-state index in [1.165, 1.54) is 11.3 Å². The standard InChI is InChI=1S/C23H18N2O5S/c1-13-11-24-23(31-13)25-17(14-6-7-20-21(9-14)29-12-28-20)10-18(26)16-8-15-4-2-3-5-19(15)30-22(16)27/h2-9,11,17H,10,12H2,1H3,(H,24,25). The number of ketones is 1. The van der Waals surface area contributed by atoms with Crippen molar-refractivity contribution in [1.29, 1.82) is 0 Å². The van der Waals surface area contributed by atoms with E-state index in [1.54, 1.807) is 30.5 Å². The first-order chi connectivity index (χ1) is 15.1. The Hall–Kier alpha value is -3.65.